The number of morpholine rings is 1. The number of aromatic nitrogens is 4. The second kappa shape index (κ2) is 7.20. The van der Waals surface area contributed by atoms with E-state index in [4.69, 9.17) is 4.74 Å². The number of aryl methyl sites for hydroxylation is 2. The van der Waals surface area contributed by atoms with Gasteiger partial charge in [-0.25, -0.2) is 14.5 Å². The normalized spacial score (nSPS) is 19.8. The molecule has 1 amide bonds. The van der Waals surface area contributed by atoms with E-state index in [-0.39, 0.29) is 18.1 Å². The zero-order valence-electron chi connectivity index (χ0n) is 16.5. The number of ether oxygens (including phenoxy) is 1. The first kappa shape index (κ1) is 18.4. The molecule has 0 unspecified atom stereocenters. The molecule has 4 heterocycles. The van der Waals surface area contributed by atoms with Gasteiger partial charge in [-0.2, -0.15) is 5.10 Å². The molecule has 0 radical (unpaired) electrons. The number of anilines is 2. The minimum Gasteiger partial charge on any atom is -0.372 e. The summed E-state index contributed by atoms with van der Waals surface area (Å²) in [5, 5.41) is 7.16. The molecule has 3 aromatic heterocycles. The molecule has 1 saturated heterocycles. The van der Waals surface area contributed by atoms with Crippen molar-refractivity contribution in [1.29, 1.82) is 0 Å². The summed E-state index contributed by atoms with van der Waals surface area (Å²) in [5.41, 5.74) is 3.40. The quantitative estimate of drug-likeness (QED) is 0.752. The first-order valence-electron chi connectivity index (χ1n) is 9.40. The van der Waals surface area contributed by atoms with E-state index in [1.807, 2.05) is 32.0 Å². The van der Waals surface area contributed by atoms with Crippen molar-refractivity contribution in [3.63, 3.8) is 0 Å². The number of fused-ring (bicyclic) bond motifs is 1. The predicted molar refractivity (Wildman–Crippen MR) is 107 cm³/mol. The molecule has 1 fully saturated rings. The zero-order valence-corrected chi connectivity index (χ0v) is 16.5. The maximum atomic E-state index is 12.7. The summed E-state index contributed by atoms with van der Waals surface area (Å²) in [6, 6.07) is 5.71. The van der Waals surface area contributed by atoms with Crippen molar-refractivity contribution >= 4 is 23.1 Å². The number of rotatable bonds is 3. The van der Waals surface area contributed by atoms with Gasteiger partial charge in [0, 0.05) is 24.5 Å². The highest BCUT2D eigenvalue weighted by molar-refractivity contribution is 6.08. The topological polar surface area (TPSA) is 84.7 Å². The third-order valence-corrected chi connectivity index (χ3v) is 4.77. The average Bonchev–Trinajstić information content (AvgIpc) is 3.05. The molecule has 28 heavy (non-hydrogen) atoms. The summed E-state index contributed by atoms with van der Waals surface area (Å²) in [4.78, 5) is 23.9. The standard InChI is InChI=1S/C20H24N6O2/c1-12-7-13(2)26-19(23-12)17(9-22-26)20(27)24-16-5-6-18(21-8-16)25-10-14(3)28-15(4)11-25/h5-9,14-15H,10-11H2,1-4H3,(H,24,27)/t14-,15+. The fourth-order valence-electron chi connectivity index (χ4n) is 3.64. The monoisotopic (exact) mass is 380 g/mol. The molecule has 0 spiro atoms. The fraction of sp³-hybridized carbons (Fsp3) is 0.400. The van der Waals surface area contributed by atoms with Crippen LogP contribution in [0.25, 0.3) is 5.65 Å². The third-order valence-electron chi connectivity index (χ3n) is 4.77. The van der Waals surface area contributed by atoms with Crippen LogP contribution >= 0.6 is 0 Å². The molecule has 1 N–H and O–H groups in total. The number of nitrogens with one attached hydrogen (secondary N) is 1. The van der Waals surface area contributed by atoms with Crippen LogP contribution in [0.3, 0.4) is 0 Å². The summed E-state index contributed by atoms with van der Waals surface area (Å²) in [6.45, 7) is 9.56. The summed E-state index contributed by atoms with van der Waals surface area (Å²) in [5.74, 6) is 0.625. The van der Waals surface area contributed by atoms with Crippen molar-refractivity contribution in [2.75, 3.05) is 23.3 Å². The molecule has 4 rings (SSSR count). The molecule has 1 aliphatic heterocycles. The van der Waals surface area contributed by atoms with E-state index in [0.29, 0.717) is 16.9 Å². The Balaban J connectivity index is 1.51. The van der Waals surface area contributed by atoms with Gasteiger partial charge in [0.1, 0.15) is 11.4 Å². The lowest BCUT2D eigenvalue weighted by atomic mass is 10.2. The molecule has 3 aromatic rings. The third kappa shape index (κ3) is 3.55. The lowest BCUT2D eigenvalue weighted by molar-refractivity contribution is -0.00545. The predicted octanol–water partition coefficient (Wildman–Crippen LogP) is 2.61. The second-order valence-electron chi connectivity index (χ2n) is 7.35. The van der Waals surface area contributed by atoms with E-state index in [0.717, 1.165) is 30.3 Å². The van der Waals surface area contributed by atoms with Crippen LogP contribution < -0.4 is 10.2 Å². The molecular formula is C20H24N6O2. The smallest absolute Gasteiger partial charge is 0.261 e. The first-order valence-corrected chi connectivity index (χ1v) is 9.40. The van der Waals surface area contributed by atoms with Crippen LogP contribution in [0.5, 0.6) is 0 Å². The number of pyridine rings is 1. The largest absolute Gasteiger partial charge is 0.372 e. The van der Waals surface area contributed by atoms with E-state index in [1.165, 1.54) is 0 Å². The second-order valence-corrected chi connectivity index (χ2v) is 7.35. The van der Waals surface area contributed by atoms with Gasteiger partial charge in [0.05, 0.1) is 30.3 Å². The Bertz CT molecular complexity index is 1000. The van der Waals surface area contributed by atoms with E-state index < -0.39 is 0 Å². The van der Waals surface area contributed by atoms with Gasteiger partial charge < -0.3 is 15.0 Å². The maximum absolute atomic E-state index is 12.7. The van der Waals surface area contributed by atoms with Crippen LogP contribution in [0.15, 0.2) is 30.6 Å². The lowest BCUT2D eigenvalue weighted by Gasteiger charge is -2.36. The molecule has 8 heteroatoms. The minimum absolute atomic E-state index is 0.167. The van der Waals surface area contributed by atoms with Crippen LogP contribution in [-0.2, 0) is 4.74 Å². The highest BCUT2D eigenvalue weighted by atomic mass is 16.5. The van der Waals surface area contributed by atoms with Gasteiger partial charge in [-0.1, -0.05) is 0 Å². The van der Waals surface area contributed by atoms with Crippen LogP contribution in [0.4, 0.5) is 11.5 Å². The average molecular weight is 380 g/mol. The van der Waals surface area contributed by atoms with Gasteiger partial charge in [0.15, 0.2) is 5.65 Å². The van der Waals surface area contributed by atoms with Gasteiger partial charge >= 0.3 is 0 Å². The van der Waals surface area contributed by atoms with Crippen molar-refractivity contribution in [2.24, 2.45) is 0 Å². The minimum atomic E-state index is -0.254. The number of nitrogens with zero attached hydrogens (tertiary/aromatic N) is 5. The Morgan fingerprint density at radius 2 is 1.93 bits per heavy atom. The van der Waals surface area contributed by atoms with Gasteiger partial charge in [-0.3, -0.25) is 4.79 Å². The highest BCUT2D eigenvalue weighted by Gasteiger charge is 2.23. The van der Waals surface area contributed by atoms with E-state index >= 15 is 0 Å². The summed E-state index contributed by atoms with van der Waals surface area (Å²) < 4.78 is 7.44. The molecule has 0 saturated carbocycles. The Labute approximate surface area is 163 Å². The highest BCUT2D eigenvalue weighted by Crippen LogP contribution is 2.20. The van der Waals surface area contributed by atoms with Gasteiger partial charge in [0.25, 0.3) is 5.91 Å². The number of hydrogen-bond acceptors (Lipinski definition) is 6. The molecule has 2 atom stereocenters. The molecule has 8 nitrogen and oxygen atoms in total. The number of carbonyl (C=O) groups excluding carboxylic acids is 1. The molecule has 0 bridgehead atoms. The van der Waals surface area contributed by atoms with E-state index in [1.54, 1.807) is 16.9 Å². The van der Waals surface area contributed by atoms with Crippen molar-refractivity contribution in [3.8, 4) is 0 Å². The Kier molecular flexibility index (Phi) is 4.72. The fourth-order valence-corrected chi connectivity index (χ4v) is 3.64. The number of hydrogen-bond donors (Lipinski definition) is 1. The van der Waals surface area contributed by atoms with Gasteiger partial charge in [0.2, 0.25) is 0 Å². The zero-order chi connectivity index (χ0) is 19.8. The summed E-state index contributed by atoms with van der Waals surface area (Å²) >= 11 is 0. The van der Waals surface area contributed by atoms with Gasteiger partial charge in [-0.15, -0.1) is 0 Å². The van der Waals surface area contributed by atoms with Crippen molar-refractivity contribution in [1.82, 2.24) is 19.6 Å². The molecule has 146 valence electrons. The van der Waals surface area contributed by atoms with Crippen molar-refractivity contribution < 1.29 is 9.53 Å². The lowest BCUT2D eigenvalue weighted by Crippen LogP contribution is -2.45. The molecule has 0 aliphatic carbocycles. The van der Waals surface area contributed by atoms with Crippen LogP contribution in [0, 0.1) is 13.8 Å². The Hall–Kier alpha value is -3.00. The SMILES string of the molecule is Cc1cc(C)n2ncc(C(=O)Nc3ccc(N4C[C@@H](C)O[C@@H](C)C4)nc3)c2n1. The van der Waals surface area contributed by atoms with Gasteiger partial charge in [-0.05, 0) is 45.9 Å². The number of carbonyl (C=O) groups is 1. The van der Waals surface area contributed by atoms with Crippen LogP contribution in [-0.4, -0.2) is 50.8 Å². The summed E-state index contributed by atoms with van der Waals surface area (Å²) in [7, 11) is 0. The van der Waals surface area contributed by atoms with Crippen LogP contribution in [0.1, 0.15) is 35.6 Å². The van der Waals surface area contributed by atoms with Crippen molar-refractivity contribution in [3.05, 3.63) is 47.5 Å². The van der Waals surface area contributed by atoms with E-state index in [2.05, 4.69) is 39.1 Å². The molecular weight excluding hydrogens is 356 g/mol. The Morgan fingerprint density at radius 3 is 2.61 bits per heavy atom. The van der Waals surface area contributed by atoms with E-state index in [9.17, 15) is 4.79 Å². The molecule has 1 aliphatic rings. The maximum Gasteiger partial charge on any atom is 0.261 e. The summed E-state index contributed by atoms with van der Waals surface area (Å²) in [6.07, 6.45) is 3.55. The van der Waals surface area contributed by atoms with Crippen LogP contribution in [0.2, 0.25) is 0 Å². The Morgan fingerprint density at radius 1 is 1.18 bits per heavy atom. The first-order chi connectivity index (χ1) is 13.4. The number of amides is 1. The molecule has 0 aromatic carbocycles. The van der Waals surface area contributed by atoms with Crippen molar-refractivity contribution in [2.45, 2.75) is 39.9 Å².